The number of halogens is 3. The number of carboxylic acids is 1. The van der Waals surface area contributed by atoms with Crippen LogP contribution in [0.3, 0.4) is 0 Å². The van der Waals surface area contributed by atoms with Crippen molar-refractivity contribution in [3.63, 3.8) is 0 Å². The summed E-state index contributed by atoms with van der Waals surface area (Å²) in [5.74, 6) is -0.899. The molecule has 1 heterocycles. The molecule has 5 rings (SSSR count). The second kappa shape index (κ2) is 8.87. The van der Waals surface area contributed by atoms with Gasteiger partial charge in [0.25, 0.3) is 5.91 Å². The van der Waals surface area contributed by atoms with Crippen molar-refractivity contribution in [1.82, 2.24) is 0 Å². The van der Waals surface area contributed by atoms with Gasteiger partial charge in [0.1, 0.15) is 0 Å². The van der Waals surface area contributed by atoms with Gasteiger partial charge in [-0.1, -0.05) is 30.3 Å². The Morgan fingerprint density at radius 2 is 1.80 bits per heavy atom. The number of benzene rings is 3. The highest BCUT2D eigenvalue weighted by molar-refractivity contribution is 6.10. The highest BCUT2D eigenvalue weighted by Crippen LogP contribution is 2.37. The third kappa shape index (κ3) is 4.55. The molecule has 0 saturated carbocycles. The first-order valence-corrected chi connectivity index (χ1v) is 11.6. The molecule has 3 aromatic carbocycles. The number of rotatable bonds is 6. The second-order valence-electron chi connectivity index (χ2n) is 9.25. The Kier molecular flexibility index (Phi) is 5.87. The van der Waals surface area contributed by atoms with Gasteiger partial charge in [-0.25, -0.2) is 0 Å². The molecule has 1 aliphatic carbocycles. The molecule has 1 aliphatic heterocycles. The average molecular weight is 479 g/mol. The number of carboxylic acid groups (broad SMARTS) is 1. The zero-order valence-corrected chi connectivity index (χ0v) is 18.9. The standard InChI is InChI=1S/C28H24F3NO3/c29-28(30,31)21-9-11-22(12-10-21)32-16-25-18(2-1-3-24(25)27(32)35)6-4-17-5-13-23-19(14-17)7-8-20(23)15-26(33)34/h1-3,5,9-14,20H,4,6-8,15-16H2,(H,33,34). The van der Waals surface area contributed by atoms with Crippen LogP contribution in [0.25, 0.3) is 0 Å². The number of amides is 1. The molecular formula is C28H24F3NO3. The summed E-state index contributed by atoms with van der Waals surface area (Å²) in [6.07, 6.45) is -1.00. The molecule has 0 bridgehead atoms. The molecule has 1 amide bonds. The first kappa shape index (κ1) is 23.1. The van der Waals surface area contributed by atoms with Crippen LogP contribution in [0.4, 0.5) is 18.9 Å². The Hall–Kier alpha value is -3.61. The summed E-state index contributed by atoms with van der Waals surface area (Å²) >= 11 is 0. The molecular weight excluding hydrogens is 455 g/mol. The maximum atomic E-state index is 13.0. The Labute approximate surface area is 201 Å². The zero-order chi connectivity index (χ0) is 24.7. The smallest absolute Gasteiger partial charge is 0.416 e. The van der Waals surface area contributed by atoms with Gasteiger partial charge in [-0.3, -0.25) is 9.59 Å². The van der Waals surface area contributed by atoms with Gasteiger partial charge < -0.3 is 10.0 Å². The van der Waals surface area contributed by atoms with Crippen molar-refractivity contribution in [2.75, 3.05) is 4.90 Å². The summed E-state index contributed by atoms with van der Waals surface area (Å²) in [6, 6.07) is 16.6. The van der Waals surface area contributed by atoms with Crippen LogP contribution in [0, 0.1) is 0 Å². The Morgan fingerprint density at radius 1 is 1.03 bits per heavy atom. The predicted molar refractivity (Wildman–Crippen MR) is 126 cm³/mol. The highest BCUT2D eigenvalue weighted by atomic mass is 19.4. The van der Waals surface area contributed by atoms with E-state index < -0.39 is 17.7 Å². The van der Waals surface area contributed by atoms with Gasteiger partial charge >= 0.3 is 12.1 Å². The van der Waals surface area contributed by atoms with Crippen molar-refractivity contribution >= 4 is 17.6 Å². The van der Waals surface area contributed by atoms with E-state index in [1.54, 1.807) is 6.07 Å². The van der Waals surface area contributed by atoms with Crippen LogP contribution in [0.2, 0.25) is 0 Å². The summed E-state index contributed by atoms with van der Waals surface area (Å²) in [7, 11) is 0. The molecule has 0 fully saturated rings. The lowest BCUT2D eigenvalue weighted by Gasteiger charge is -2.17. The SMILES string of the molecule is O=C(O)CC1CCc2cc(CCc3cccc4c3CN(c3ccc(C(F)(F)F)cc3)C4=O)ccc21. The van der Waals surface area contributed by atoms with Crippen molar-refractivity contribution in [3.05, 3.63) is 99.6 Å². The third-order valence-electron chi connectivity index (χ3n) is 7.08. The number of aryl methyl sites for hydroxylation is 3. The van der Waals surface area contributed by atoms with E-state index in [0.717, 1.165) is 54.5 Å². The molecule has 7 heteroatoms. The Balaban J connectivity index is 1.31. The first-order valence-electron chi connectivity index (χ1n) is 11.6. The molecule has 1 unspecified atom stereocenters. The maximum absolute atomic E-state index is 13.0. The predicted octanol–water partition coefficient (Wildman–Crippen LogP) is 6.16. The van der Waals surface area contributed by atoms with E-state index in [2.05, 4.69) is 18.2 Å². The highest BCUT2D eigenvalue weighted by Gasteiger charge is 2.33. The van der Waals surface area contributed by atoms with Crippen LogP contribution < -0.4 is 4.90 Å². The molecule has 1 atom stereocenters. The van der Waals surface area contributed by atoms with Crippen molar-refractivity contribution in [1.29, 1.82) is 0 Å². The van der Waals surface area contributed by atoms with E-state index in [4.69, 9.17) is 5.11 Å². The van der Waals surface area contributed by atoms with Crippen LogP contribution in [0.1, 0.15) is 62.5 Å². The van der Waals surface area contributed by atoms with Crippen LogP contribution in [-0.2, 0) is 36.8 Å². The van der Waals surface area contributed by atoms with Crippen LogP contribution in [-0.4, -0.2) is 17.0 Å². The largest absolute Gasteiger partial charge is 0.481 e. The minimum atomic E-state index is -4.42. The first-order chi connectivity index (χ1) is 16.7. The lowest BCUT2D eigenvalue weighted by Crippen LogP contribution is -2.23. The van der Waals surface area contributed by atoms with Gasteiger partial charge in [0, 0.05) is 11.3 Å². The van der Waals surface area contributed by atoms with E-state index in [0.29, 0.717) is 17.8 Å². The quantitative estimate of drug-likeness (QED) is 0.461. The summed E-state index contributed by atoms with van der Waals surface area (Å²) in [4.78, 5) is 25.6. The van der Waals surface area contributed by atoms with E-state index in [1.165, 1.54) is 28.2 Å². The van der Waals surface area contributed by atoms with Crippen molar-refractivity contribution < 1.29 is 27.9 Å². The maximum Gasteiger partial charge on any atom is 0.416 e. The number of hydrogen-bond donors (Lipinski definition) is 1. The molecule has 3 aromatic rings. The normalized spacial score (nSPS) is 16.9. The number of anilines is 1. The number of hydrogen-bond acceptors (Lipinski definition) is 2. The second-order valence-corrected chi connectivity index (χ2v) is 9.25. The van der Waals surface area contributed by atoms with Crippen LogP contribution in [0.15, 0.2) is 60.7 Å². The van der Waals surface area contributed by atoms with E-state index in [9.17, 15) is 22.8 Å². The molecule has 180 valence electrons. The fourth-order valence-corrected chi connectivity index (χ4v) is 5.29. The Morgan fingerprint density at radius 3 is 2.51 bits per heavy atom. The minimum Gasteiger partial charge on any atom is -0.481 e. The summed E-state index contributed by atoms with van der Waals surface area (Å²) in [6.45, 7) is 0.330. The van der Waals surface area contributed by atoms with Gasteiger partial charge in [0.2, 0.25) is 0 Å². The van der Waals surface area contributed by atoms with E-state index in [-0.39, 0.29) is 18.2 Å². The number of fused-ring (bicyclic) bond motifs is 2. The van der Waals surface area contributed by atoms with Gasteiger partial charge in [0.05, 0.1) is 18.5 Å². The molecule has 35 heavy (non-hydrogen) atoms. The topological polar surface area (TPSA) is 57.6 Å². The van der Waals surface area contributed by atoms with Crippen LogP contribution >= 0.6 is 0 Å². The average Bonchev–Trinajstić information content (AvgIpc) is 3.37. The van der Waals surface area contributed by atoms with Crippen LogP contribution in [0.5, 0.6) is 0 Å². The lowest BCUT2D eigenvalue weighted by molar-refractivity contribution is -0.138. The molecule has 0 saturated heterocycles. The summed E-state index contributed by atoms with van der Waals surface area (Å²) < 4.78 is 38.7. The number of aliphatic carboxylic acids is 1. The lowest BCUT2D eigenvalue weighted by atomic mass is 9.94. The van der Waals surface area contributed by atoms with Crippen molar-refractivity contribution in [2.45, 2.75) is 50.7 Å². The van der Waals surface area contributed by atoms with Crippen molar-refractivity contribution in [2.24, 2.45) is 0 Å². The monoisotopic (exact) mass is 479 g/mol. The molecule has 0 radical (unpaired) electrons. The van der Waals surface area contributed by atoms with E-state index >= 15 is 0 Å². The summed E-state index contributed by atoms with van der Waals surface area (Å²) in [5, 5.41) is 9.12. The van der Waals surface area contributed by atoms with E-state index in [1.807, 2.05) is 12.1 Å². The summed E-state index contributed by atoms with van der Waals surface area (Å²) in [5.41, 5.74) is 5.78. The molecule has 4 nitrogen and oxygen atoms in total. The number of carbonyl (C=O) groups is 2. The number of nitrogens with zero attached hydrogens (tertiary/aromatic N) is 1. The number of alkyl halides is 3. The molecule has 0 aromatic heterocycles. The number of carbonyl (C=O) groups excluding carboxylic acids is 1. The fraction of sp³-hybridized carbons (Fsp3) is 0.286. The Bertz CT molecular complexity index is 1300. The minimum absolute atomic E-state index is 0.0798. The van der Waals surface area contributed by atoms with Gasteiger partial charge in [-0.15, -0.1) is 0 Å². The van der Waals surface area contributed by atoms with Gasteiger partial charge in [-0.05, 0) is 89.8 Å². The van der Waals surface area contributed by atoms with Crippen molar-refractivity contribution in [3.8, 4) is 0 Å². The molecule has 2 aliphatic rings. The molecule has 0 spiro atoms. The van der Waals surface area contributed by atoms with Gasteiger partial charge in [-0.2, -0.15) is 13.2 Å². The van der Waals surface area contributed by atoms with Gasteiger partial charge in [0.15, 0.2) is 0 Å². The third-order valence-corrected chi connectivity index (χ3v) is 7.08. The molecule has 1 N–H and O–H groups in total. The fourth-order valence-electron chi connectivity index (χ4n) is 5.29. The zero-order valence-electron chi connectivity index (χ0n) is 18.9.